The zero-order chi connectivity index (χ0) is 35.7. The molecule has 17 heteroatoms. The molecule has 0 aliphatic rings. The molecule has 0 fully saturated rings. The predicted molar refractivity (Wildman–Crippen MR) is 170 cm³/mol. The van der Waals surface area contributed by atoms with Gasteiger partial charge in [-0.3, -0.25) is 0 Å². The molecule has 0 amide bonds. The fraction of sp³-hybridized carbons (Fsp3) is 1.00. The summed E-state index contributed by atoms with van der Waals surface area (Å²) in [5.41, 5.74) is 0. The Labute approximate surface area is 282 Å². The molecule has 0 saturated carbocycles. The van der Waals surface area contributed by atoms with Gasteiger partial charge in [0, 0.05) is 42.7 Å². The van der Waals surface area contributed by atoms with Gasteiger partial charge < -0.3 is 81.3 Å². The van der Waals surface area contributed by atoms with Gasteiger partial charge in [-0.05, 0) is 13.8 Å². The molecule has 2 N–H and O–H groups in total. The third-order valence-corrected chi connectivity index (χ3v) is 5.33. The Morgan fingerprint density at radius 1 is 0.426 bits per heavy atom. The maximum Gasteiger partial charge on any atom is 0.304 e. The fourth-order valence-corrected chi connectivity index (χ4v) is 2.52. The van der Waals surface area contributed by atoms with Crippen molar-refractivity contribution < 1.29 is 81.3 Å². The molecule has 0 rings (SSSR count). The number of hydrogen-bond donors (Lipinski definition) is 2. The highest BCUT2D eigenvalue weighted by Crippen LogP contribution is 2.06. The molecule has 0 spiro atoms. The van der Waals surface area contributed by atoms with E-state index >= 15 is 0 Å². The second-order valence-corrected chi connectivity index (χ2v) is 8.91. The molecular formula is C30H66O17. The zero-order valence-electron chi connectivity index (χ0n) is 30.1. The van der Waals surface area contributed by atoms with Crippen LogP contribution in [0.25, 0.3) is 0 Å². The maximum absolute atomic E-state index is 9.47. The lowest BCUT2D eigenvalue weighted by molar-refractivity contribution is -0.357. The molecule has 0 saturated heterocycles. The molecule has 0 aliphatic carbocycles. The van der Waals surface area contributed by atoms with E-state index in [1.807, 2.05) is 13.8 Å². The summed E-state index contributed by atoms with van der Waals surface area (Å²) in [4.78, 5) is 0. The van der Waals surface area contributed by atoms with Gasteiger partial charge in [-0.15, -0.1) is 0 Å². The Hall–Kier alpha value is -0.680. The third-order valence-electron chi connectivity index (χ3n) is 5.33. The lowest BCUT2D eigenvalue weighted by atomic mass is 10.6. The fourth-order valence-electron chi connectivity index (χ4n) is 2.52. The first kappa shape index (κ1) is 50.7. The number of ether oxygens (including phenoxy) is 15. The number of aliphatic hydroxyl groups is 2. The van der Waals surface area contributed by atoms with Crippen molar-refractivity contribution in [3.8, 4) is 0 Å². The summed E-state index contributed by atoms with van der Waals surface area (Å²) >= 11 is 0. The Morgan fingerprint density at radius 2 is 0.723 bits per heavy atom. The van der Waals surface area contributed by atoms with Crippen molar-refractivity contribution in [1.29, 1.82) is 0 Å². The first-order valence-corrected chi connectivity index (χ1v) is 15.5. The van der Waals surface area contributed by atoms with Gasteiger partial charge >= 0.3 is 5.97 Å². The second-order valence-electron chi connectivity index (χ2n) is 8.91. The summed E-state index contributed by atoms with van der Waals surface area (Å²) in [6.07, 6.45) is -0.364. The van der Waals surface area contributed by atoms with Gasteiger partial charge in [-0.1, -0.05) is 0 Å². The monoisotopic (exact) mass is 698 g/mol. The smallest absolute Gasteiger partial charge is 0.304 e. The van der Waals surface area contributed by atoms with Crippen LogP contribution in [0.15, 0.2) is 0 Å². The van der Waals surface area contributed by atoms with Crippen molar-refractivity contribution in [2.45, 2.75) is 32.4 Å². The van der Waals surface area contributed by atoms with E-state index in [1.54, 1.807) is 28.4 Å². The van der Waals surface area contributed by atoms with Crippen LogP contribution < -0.4 is 0 Å². The Balaban J connectivity index is -0.000000620. The quantitative estimate of drug-likeness (QED) is 0.0693. The van der Waals surface area contributed by atoms with E-state index < -0.39 is 5.97 Å². The standard InChI is InChI=1S/C10H22O7.2C10H22O5/c1-13-10(12,14-2)9-17-8-7-16-6-5-15-4-3-11;1-9(11-3)14-7-5-13-6-8-15-10(2)12-4;1-11-3-5-13-7-9-15-10-8-14-6-4-12-2/h11-12H,3-9H2,1-2H3;9-10H,5-8H2,1-4H3;3-10H2,1-2H3. The van der Waals surface area contributed by atoms with E-state index in [4.69, 9.17) is 66.7 Å². The van der Waals surface area contributed by atoms with Crippen LogP contribution in [0.5, 0.6) is 0 Å². The van der Waals surface area contributed by atoms with Crippen molar-refractivity contribution in [3.05, 3.63) is 0 Å². The molecule has 288 valence electrons. The van der Waals surface area contributed by atoms with Gasteiger partial charge in [0.2, 0.25) is 0 Å². The Kier molecular flexibility index (Phi) is 46.8. The SMILES string of the molecule is COC(C)OCCOCCOC(C)OC.COC(O)(COCCOCCOCCO)OC.COCCOCCOCCOCCOC. The summed E-state index contributed by atoms with van der Waals surface area (Å²) in [7, 11) is 9.15. The highest BCUT2D eigenvalue weighted by Gasteiger charge is 2.25. The number of methoxy groups -OCH3 is 6. The van der Waals surface area contributed by atoms with Crippen molar-refractivity contribution in [1.82, 2.24) is 0 Å². The lowest BCUT2D eigenvalue weighted by Crippen LogP contribution is -2.39. The van der Waals surface area contributed by atoms with Crippen LogP contribution in [0, 0.1) is 0 Å². The molecule has 0 aliphatic heterocycles. The van der Waals surface area contributed by atoms with Gasteiger partial charge in [0.25, 0.3) is 0 Å². The number of hydrogen-bond acceptors (Lipinski definition) is 17. The highest BCUT2D eigenvalue weighted by molar-refractivity contribution is 4.49. The third kappa shape index (κ3) is 45.3. The molecule has 47 heavy (non-hydrogen) atoms. The maximum atomic E-state index is 9.47. The molecule has 0 bridgehead atoms. The molecule has 2 atom stereocenters. The van der Waals surface area contributed by atoms with E-state index in [0.717, 1.165) is 0 Å². The largest absolute Gasteiger partial charge is 0.394 e. The van der Waals surface area contributed by atoms with Crippen LogP contribution in [0.3, 0.4) is 0 Å². The van der Waals surface area contributed by atoms with Crippen molar-refractivity contribution in [2.24, 2.45) is 0 Å². The van der Waals surface area contributed by atoms with Crippen molar-refractivity contribution >= 4 is 0 Å². The minimum atomic E-state index is -1.70. The predicted octanol–water partition coefficient (Wildman–Crippen LogP) is 0.317. The summed E-state index contributed by atoms with van der Waals surface area (Å²) in [6, 6.07) is 0. The summed E-state index contributed by atoms with van der Waals surface area (Å²) in [6.45, 7) is 12.5. The van der Waals surface area contributed by atoms with Crippen LogP contribution in [-0.2, 0) is 71.1 Å². The minimum absolute atomic E-state index is 0.00965. The van der Waals surface area contributed by atoms with E-state index in [1.165, 1.54) is 14.2 Å². The molecule has 17 nitrogen and oxygen atoms in total. The number of aliphatic hydroxyl groups excluding tert-OH is 1. The van der Waals surface area contributed by atoms with Crippen LogP contribution in [-0.4, -0.2) is 197 Å². The van der Waals surface area contributed by atoms with Crippen molar-refractivity contribution in [3.63, 3.8) is 0 Å². The number of rotatable bonds is 34. The lowest BCUT2D eigenvalue weighted by Gasteiger charge is -2.23. The molecule has 2 unspecified atom stereocenters. The highest BCUT2D eigenvalue weighted by atomic mass is 16.8. The summed E-state index contributed by atoms with van der Waals surface area (Å²) in [5.74, 6) is -1.70. The molecular weight excluding hydrogens is 632 g/mol. The second kappa shape index (κ2) is 43.3. The molecule has 0 heterocycles. The van der Waals surface area contributed by atoms with Crippen LogP contribution in [0.1, 0.15) is 13.8 Å². The Morgan fingerprint density at radius 3 is 1.02 bits per heavy atom. The van der Waals surface area contributed by atoms with Crippen molar-refractivity contribution in [2.75, 3.05) is 168 Å². The zero-order valence-corrected chi connectivity index (χ0v) is 30.1. The van der Waals surface area contributed by atoms with Crippen LogP contribution >= 0.6 is 0 Å². The van der Waals surface area contributed by atoms with Gasteiger partial charge in [-0.25, -0.2) is 0 Å². The van der Waals surface area contributed by atoms with Crippen LogP contribution in [0.2, 0.25) is 0 Å². The molecule has 0 radical (unpaired) electrons. The van der Waals surface area contributed by atoms with Gasteiger partial charge in [0.1, 0.15) is 6.61 Å². The van der Waals surface area contributed by atoms with E-state index in [0.29, 0.717) is 112 Å². The minimum Gasteiger partial charge on any atom is -0.394 e. The average molecular weight is 699 g/mol. The average Bonchev–Trinajstić information content (AvgIpc) is 3.09. The first-order chi connectivity index (χ1) is 22.8. The molecule has 0 aromatic carbocycles. The summed E-state index contributed by atoms with van der Waals surface area (Å²) in [5, 5.41) is 17.9. The molecule has 0 aromatic rings. The van der Waals surface area contributed by atoms with Crippen LogP contribution in [0.4, 0.5) is 0 Å². The topological polar surface area (TPSA) is 179 Å². The van der Waals surface area contributed by atoms with Gasteiger partial charge in [0.15, 0.2) is 12.6 Å². The van der Waals surface area contributed by atoms with Gasteiger partial charge in [-0.2, -0.15) is 0 Å². The van der Waals surface area contributed by atoms with E-state index in [-0.39, 0.29) is 25.8 Å². The Bertz CT molecular complexity index is 521. The first-order valence-electron chi connectivity index (χ1n) is 15.5. The van der Waals surface area contributed by atoms with Gasteiger partial charge in [0.05, 0.1) is 119 Å². The normalized spacial score (nSPS) is 12.6. The molecule has 0 aromatic heterocycles. The van der Waals surface area contributed by atoms with E-state index in [9.17, 15) is 5.11 Å². The van der Waals surface area contributed by atoms with E-state index in [2.05, 4.69) is 9.47 Å². The summed E-state index contributed by atoms with van der Waals surface area (Å²) < 4.78 is 75.5.